The number of nitrogens with zero attached hydrogens (tertiary/aromatic N) is 2. The van der Waals surface area contributed by atoms with Crippen molar-refractivity contribution in [1.29, 1.82) is 0 Å². The van der Waals surface area contributed by atoms with Crippen LogP contribution in [0.1, 0.15) is 34.3 Å². The number of aryl methyl sites for hydroxylation is 1. The fourth-order valence-electron chi connectivity index (χ4n) is 3.10. The molecule has 146 valence electrons. The first-order chi connectivity index (χ1) is 14.2. The Morgan fingerprint density at radius 3 is 2.48 bits per heavy atom. The lowest BCUT2D eigenvalue weighted by molar-refractivity contribution is 0.0995. The molecule has 0 radical (unpaired) electrons. The summed E-state index contributed by atoms with van der Waals surface area (Å²) in [4.78, 5) is 29.3. The number of rotatable bonds is 6. The molecule has 4 rings (SSSR count). The average molecular weight is 388 g/mol. The van der Waals surface area contributed by atoms with Crippen LogP contribution in [0.25, 0.3) is 11.0 Å². The second-order valence-electron chi connectivity index (χ2n) is 6.54. The lowest BCUT2D eigenvalue weighted by atomic mass is 10.2. The lowest BCUT2D eigenvalue weighted by Gasteiger charge is -2.09. The molecule has 2 aromatic carbocycles. The Kier molecular flexibility index (Phi) is 5.11. The first-order valence-electron chi connectivity index (χ1n) is 9.37. The number of nitrogens with one attached hydrogen (secondary N) is 2. The molecule has 0 atom stereocenters. The Hall–Kier alpha value is -3.87. The normalized spacial score (nSPS) is 10.8. The van der Waals surface area contributed by atoms with Crippen molar-refractivity contribution in [2.24, 2.45) is 0 Å². The monoisotopic (exact) mass is 388 g/mol. The minimum Gasteiger partial charge on any atom is -0.459 e. The van der Waals surface area contributed by atoms with Gasteiger partial charge in [0.1, 0.15) is 0 Å². The Morgan fingerprint density at radius 1 is 0.966 bits per heavy atom. The van der Waals surface area contributed by atoms with Crippen LogP contribution in [0, 0.1) is 0 Å². The van der Waals surface area contributed by atoms with Gasteiger partial charge >= 0.3 is 0 Å². The maximum atomic E-state index is 12.7. The number of carbonyl (C=O) groups excluding carboxylic acids is 2. The van der Waals surface area contributed by atoms with Crippen molar-refractivity contribution in [2.75, 3.05) is 10.6 Å². The standard InChI is InChI=1S/C22H20N4O3/c1-2-13-26-18-7-4-3-6-17(18)24-22(26)25-20(27)15-9-11-16(12-10-15)23-21(28)19-8-5-14-29-19/h3-12,14H,2,13H2,1H3,(H,23,28)(H,24,25,27). The molecule has 0 aliphatic heterocycles. The summed E-state index contributed by atoms with van der Waals surface area (Å²) < 4.78 is 7.07. The predicted molar refractivity (Wildman–Crippen MR) is 111 cm³/mol. The second kappa shape index (κ2) is 8.02. The number of para-hydroxylation sites is 2. The molecule has 0 bridgehead atoms. The van der Waals surface area contributed by atoms with Gasteiger partial charge in [0.2, 0.25) is 5.95 Å². The summed E-state index contributed by atoms with van der Waals surface area (Å²) >= 11 is 0. The van der Waals surface area contributed by atoms with Gasteiger partial charge in [0.15, 0.2) is 5.76 Å². The summed E-state index contributed by atoms with van der Waals surface area (Å²) in [5.41, 5.74) is 2.87. The van der Waals surface area contributed by atoms with E-state index in [4.69, 9.17) is 4.42 Å². The molecule has 0 spiro atoms. The van der Waals surface area contributed by atoms with Gasteiger partial charge in [-0.15, -0.1) is 0 Å². The molecule has 0 unspecified atom stereocenters. The molecular formula is C22H20N4O3. The summed E-state index contributed by atoms with van der Waals surface area (Å²) in [5, 5.41) is 5.62. The number of aromatic nitrogens is 2. The van der Waals surface area contributed by atoms with Crippen LogP contribution >= 0.6 is 0 Å². The van der Waals surface area contributed by atoms with Crippen molar-refractivity contribution >= 4 is 34.5 Å². The molecule has 0 saturated carbocycles. The van der Waals surface area contributed by atoms with Gasteiger partial charge in [-0.05, 0) is 55.0 Å². The van der Waals surface area contributed by atoms with Gasteiger partial charge in [-0.2, -0.15) is 0 Å². The summed E-state index contributed by atoms with van der Waals surface area (Å²) in [6, 6.07) is 17.7. The van der Waals surface area contributed by atoms with Crippen molar-refractivity contribution in [3.8, 4) is 0 Å². The summed E-state index contributed by atoms with van der Waals surface area (Å²) in [5.74, 6) is 0.136. The Morgan fingerprint density at radius 2 is 1.76 bits per heavy atom. The Bertz CT molecular complexity index is 1140. The van der Waals surface area contributed by atoms with E-state index in [1.54, 1.807) is 36.4 Å². The van der Waals surface area contributed by atoms with E-state index in [9.17, 15) is 9.59 Å². The summed E-state index contributed by atoms with van der Waals surface area (Å²) in [7, 11) is 0. The largest absolute Gasteiger partial charge is 0.459 e. The molecule has 2 amide bonds. The number of imidazole rings is 1. The maximum Gasteiger partial charge on any atom is 0.291 e. The molecule has 0 fully saturated rings. The van der Waals surface area contributed by atoms with Gasteiger partial charge in [0.25, 0.3) is 11.8 Å². The minimum atomic E-state index is -0.347. The molecule has 2 aromatic heterocycles. The number of furan rings is 1. The molecule has 29 heavy (non-hydrogen) atoms. The van der Waals surface area contributed by atoms with Gasteiger partial charge < -0.3 is 14.3 Å². The fraction of sp³-hybridized carbons (Fsp3) is 0.136. The van der Waals surface area contributed by atoms with Gasteiger partial charge in [-0.3, -0.25) is 14.9 Å². The van der Waals surface area contributed by atoms with Crippen molar-refractivity contribution in [1.82, 2.24) is 9.55 Å². The van der Waals surface area contributed by atoms with Crippen LogP contribution in [-0.2, 0) is 6.54 Å². The van der Waals surface area contributed by atoms with Crippen LogP contribution in [0.15, 0.2) is 71.3 Å². The smallest absolute Gasteiger partial charge is 0.291 e. The van der Waals surface area contributed by atoms with Crippen molar-refractivity contribution < 1.29 is 14.0 Å². The van der Waals surface area contributed by atoms with E-state index in [1.807, 2.05) is 28.8 Å². The molecule has 0 aliphatic carbocycles. The molecule has 4 aromatic rings. The number of carbonyl (C=O) groups is 2. The predicted octanol–water partition coefficient (Wildman–Crippen LogP) is 4.54. The van der Waals surface area contributed by atoms with E-state index >= 15 is 0 Å². The fourth-order valence-corrected chi connectivity index (χ4v) is 3.10. The number of hydrogen-bond acceptors (Lipinski definition) is 4. The number of amides is 2. The van der Waals surface area contributed by atoms with Crippen LogP contribution in [0.3, 0.4) is 0 Å². The van der Waals surface area contributed by atoms with Crippen molar-refractivity contribution in [3.05, 3.63) is 78.3 Å². The molecule has 7 heteroatoms. The number of benzene rings is 2. The highest BCUT2D eigenvalue weighted by molar-refractivity contribution is 6.05. The quantitative estimate of drug-likeness (QED) is 0.507. The topological polar surface area (TPSA) is 89.2 Å². The van der Waals surface area contributed by atoms with E-state index < -0.39 is 0 Å². The third-order valence-corrected chi connectivity index (χ3v) is 4.48. The lowest BCUT2D eigenvalue weighted by Crippen LogP contribution is -2.16. The van der Waals surface area contributed by atoms with Gasteiger partial charge in [0.05, 0.1) is 17.3 Å². The van der Waals surface area contributed by atoms with Gasteiger partial charge in [0, 0.05) is 17.8 Å². The number of anilines is 2. The molecule has 0 saturated heterocycles. The summed E-state index contributed by atoms with van der Waals surface area (Å²) in [6.07, 6.45) is 2.36. The highest BCUT2D eigenvalue weighted by Crippen LogP contribution is 2.21. The van der Waals surface area contributed by atoms with Gasteiger partial charge in [-0.25, -0.2) is 4.98 Å². The third kappa shape index (κ3) is 3.89. The highest BCUT2D eigenvalue weighted by Gasteiger charge is 2.14. The zero-order valence-corrected chi connectivity index (χ0v) is 15.9. The van der Waals surface area contributed by atoms with Crippen LogP contribution in [0.5, 0.6) is 0 Å². The van der Waals surface area contributed by atoms with E-state index in [0.29, 0.717) is 17.2 Å². The third-order valence-electron chi connectivity index (χ3n) is 4.48. The maximum absolute atomic E-state index is 12.7. The van der Waals surface area contributed by atoms with Crippen LogP contribution in [-0.4, -0.2) is 21.4 Å². The van der Waals surface area contributed by atoms with E-state index in [1.165, 1.54) is 6.26 Å². The highest BCUT2D eigenvalue weighted by atomic mass is 16.3. The first-order valence-corrected chi connectivity index (χ1v) is 9.37. The number of fused-ring (bicyclic) bond motifs is 1. The van der Waals surface area contributed by atoms with Gasteiger partial charge in [-0.1, -0.05) is 19.1 Å². The van der Waals surface area contributed by atoms with E-state index in [2.05, 4.69) is 22.5 Å². The first kappa shape index (κ1) is 18.5. The SMILES string of the molecule is CCCn1c(NC(=O)c2ccc(NC(=O)c3ccco3)cc2)nc2ccccc21. The zero-order chi connectivity index (χ0) is 20.2. The average Bonchev–Trinajstić information content (AvgIpc) is 3.38. The Labute approximate surface area is 167 Å². The number of hydrogen-bond donors (Lipinski definition) is 2. The Balaban J connectivity index is 1.49. The molecular weight excluding hydrogens is 368 g/mol. The van der Waals surface area contributed by atoms with Crippen molar-refractivity contribution in [2.45, 2.75) is 19.9 Å². The van der Waals surface area contributed by atoms with E-state index in [-0.39, 0.29) is 17.6 Å². The van der Waals surface area contributed by atoms with E-state index in [0.717, 1.165) is 24.0 Å². The second-order valence-corrected chi connectivity index (χ2v) is 6.54. The zero-order valence-electron chi connectivity index (χ0n) is 15.9. The van der Waals surface area contributed by atoms with Crippen molar-refractivity contribution in [3.63, 3.8) is 0 Å². The minimum absolute atomic E-state index is 0.224. The summed E-state index contributed by atoms with van der Waals surface area (Å²) in [6.45, 7) is 2.84. The van der Waals surface area contributed by atoms with Crippen LogP contribution in [0.4, 0.5) is 11.6 Å². The molecule has 7 nitrogen and oxygen atoms in total. The molecule has 2 heterocycles. The van der Waals surface area contributed by atoms with Crippen LogP contribution in [0.2, 0.25) is 0 Å². The van der Waals surface area contributed by atoms with Crippen LogP contribution < -0.4 is 10.6 Å². The molecule has 2 N–H and O–H groups in total. The molecule has 0 aliphatic rings.